The van der Waals surface area contributed by atoms with Gasteiger partial charge in [-0.05, 0) is 11.6 Å². The number of nitrogens with zero attached hydrogens (tertiary/aromatic N) is 3. The van der Waals surface area contributed by atoms with Crippen LogP contribution >= 0.6 is 0 Å². The molecule has 1 unspecified atom stereocenters. The first-order chi connectivity index (χ1) is 8.57. The molecule has 0 bridgehead atoms. The molecular formula is C10H10F2N4O2. The van der Waals surface area contributed by atoms with Gasteiger partial charge in [0.05, 0.1) is 0 Å². The summed E-state index contributed by atoms with van der Waals surface area (Å²) >= 11 is 0. The van der Waals surface area contributed by atoms with Crippen molar-refractivity contribution >= 4 is 5.97 Å². The molecule has 1 rings (SSSR count). The summed E-state index contributed by atoms with van der Waals surface area (Å²) in [5.41, 5.74) is 7.74. The predicted molar refractivity (Wildman–Crippen MR) is 58.8 cm³/mol. The normalized spacial score (nSPS) is 11.7. The summed E-state index contributed by atoms with van der Waals surface area (Å²) in [4.78, 5) is 13.5. The van der Waals surface area contributed by atoms with Crippen molar-refractivity contribution < 1.29 is 18.7 Å². The number of hydrogen-bond donors (Lipinski definition) is 2. The molecule has 0 heterocycles. The Balaban J connectivity index is 2.87. The minimum Gasteiger partial charge on any atom is -0.480 e. The zero-order valence-corrected chi connectivity index (χ0v) is 9.18. The van der Waals surface area contributed by atoms with Gasteiger partial charge in [0.15, 0.2) is 11.6 Å². The summed E-state index contributed by atoms with van der Waals surface area (Å²) in [5, 5.41) is 14.6. The Morgan fingerprint density at radius 2 is 2.28 bits per heavy atom. The van der Waals surface area contributed by atoms with Gasteiger partial charge in [-0.2, -0.15) is 0 Å². The maximum Gasteiger partial charge on any atom is 0.325 e. The SMILES string of the molecule is [N-]=[N+]=NCCNC(C(=O)O)c1cccc(F)c1F. The molecule has 1 aromatic rings. The van der Waals surface area contributed by atoms with Crippen molar-refractivity contribution in [1.82, 2.24) is 5.32 Å². The summed E-state index contributed by atoms with van der Waals surface area (Å²) in [5.74, 6) is -3.67. The van der Waals surface area contributed by atoms with E-state index >= 15 is 0 Å². The lowest BCUT2D eigenvalue weighted by atomic mass is 10.1. The maximum atomic E-state index is 13.4. The second-order valence-corrected chi connectivity index (χ2v) is 3.32. The van der Waals surface area contributed by atoms with Crippen molar-refractivity contribution in [2.45, 2.75) is 6.04 Å². The number of carboxylic acids is 1. The van der Waals surface area contributed by atoms with E-state index in [4.69, 9.17) is 10.6 Å². The lowest BCUT2D eigenvalue weighted by molar-refractivity contribution is -0.139. The Morgan fingerprint density at radius 1 is 1.56 bits per heavy atom. The lowest BCUT2D eigenvalue weighted by Crippen LogP contribution is -2.31. The molecule has 0 spiro atoms. The van der Waals surface area contributed by atoms with Gasteiger partial charge >= 0.3 is 5.97 Å². The third kappa shape index (κ3) is 3.41. The van der Waals surface area contributed by atoms with E-state index in [0.29, 0.717) is 0 Å². The summed E-state index contributed by atoms with van der Waals surface area (Å²) in [6, 6.07) is 1.91. The second-order valence-electron chi connectivity index (χ2n) is 3.32. The number of rotatable bonds is 6. The Hall–Kier alpha value is -2.18. The van der Waals surface area contributed by atoms with Gasteiger partial charge in [0.25, 0.3) is 0 Å². The Kier molecular flexibility index (Phi) is 5.04. The molecule has 96 valence electrons. The number of nitrogens with one attached hydrogen (secondary N) is 1. The van der Waals surface area contributed by atoms with Crippen molar-refractivity contribution in [2.75, 3.05) is 13.1 Å². The van der Waals surface area contributed by atoms with Crippen molar-refractivity contribution in [3.8, 4) is 0 Å². The van der Waals surface area contributed by atoms with Gasteiger partial charge in [-0.25, -0.2) is 8.78 Å². The number of aliphatic carboxylic acids is 1. The Labute approximate surface area is 101 Å². The van der Waals surface area contributed by atoms with Crippen LogP contribution in [0.4, 0.5) is 8.78 Å². The lowest BCUT2D eigenvalue weighted by Gasteiger charge is -2.14. The van der Waals surface area contributed by atoms with Crippen molar-refractivity contribution in [3.63, 3.8) is 0 Å². The van der Waals surface area contributed by atoms with Crippen molar-refractivity contribution in [1.29, 1.82) is 0 Å². The van der Waals surface area contributed by atoms with Gasteiger partial charge in [0.2, 0.25) is 0 Å². The fourth-order valence-electron chi connectivity index (χ4n) is 1.38. The van der Waals surface area contributed by atoms with Gasteiger partial charge in [-0.15, -0.1) is 0 Å². The number of hydrogen-bond acceptors (Lipinski definition) is 3. The van der Waals surface area contributed by atoms with E-state index in [1.807, 2.05) is 0 Å². The highest BCUT2D eigenvalue weighted by Gasteiger charge is 2.23. The van der Waals surface area contributed by atoms with E-state index in [9.17, 15) is 13.6 Å². The fourth-order valence-corrected chi connectivity index (χ4v) is 1.38. The molecule has 1 atom stereocenters. The molecule has 6 nitrogen and oxygen atoms in total. The highest BCUT2D eigenvalue weighted by atomic mass is 19.2. The molecule has 0 aliphatic rings. The standard InChI is InChI=1S/C10H10F2N4O2/c11-7-3-1-2-6(8(7)12)9(10(17)18)14-4-5-15-16-13/h1-3,9,14H,4-5H2,(H,17,18). The minimum atomic E-state index is -1.39. The Morgan fingerprint density at radius 3 is 2.89 bits per heavy atom. The molecule has 2 N–H and O–H groups in total. The number of azide groups is 1. The van der Waals surface area contributed by atoms with Crippen molar-refractivity contribution in [3.05, 3.63) is 45.8 Å². The minimum absolute atomic E-state index is 0.0111. The van der Waals surface area contributed by atoms with Crippen LogP contribution in [-0.2, 0) is 4.79 Å². The first kappa shape index (κ1) is 13.9. The van der Waals surface area contributed by atoms with Crippen molar-refractivity contribution in [2.24, 2.45) is 5.11 Å². The number of carbonyl (C=O) groups is 1. The number of halogens is 2. The zero-order valence-electron chi connectivity index (χ0n) is 9.18. The summed E-state index contributed by atoms with van der Waals surface area (Å²) < 4.78 is 26.4. The van der Waals surface area contributed by atoms with E-state index < -0.39 is 23.6 Å². The van der Waals surface area contributed by atoms with Gasteiger partial charge in [-0.3, -0.25) is 4.79 Å². The molecule has 0 aromatic heterocycles. The first-order valence-electron chi connectivity index (χ1n) is 4.99. The average Bonchev–Trinajstić information content (AvgIpc) is 2.33. The quantitative estimate of drug-likeness (QED) is 0.352. The van der Waals surface area contributed by atoms with Crippen LogP contribution in [0.2, 0.25) is 0 Å². The highest BCUT2D eigenvalue weighted by Crippen LogP contribution is 2.19. The van der Waals surface area contributed by atoms with Crippen LogP contribution in [0.5, 0.6) is 0 Å². The molecule has 0 amide bonds. The Bertz CT molecular complexity index is 489. The molecule has 0 saturated heterocycles. The summed E-state index contributed by atoms with van der Waals surface area (Å²) in [6.45, 7) is 0.0498. The van der Waals surface area contributed by atoms with Gasteiger partial charge in [0, 0.05) is 23.6 Å². The third-order valence-electron chi connectivity index (χ3n) is 2.16. The fraction of sp³-hybridized carbons (Fsp3) is 0.300. The van der Waals surface area contributed by atoms with Crippen LogP contribution in [0.15, 0.2) is 23.3 Å². The van der Waals surface area contributed by atoms with Crippen LogP contribution in [-0.4, -0.2) is 24.2 Å². The van der Waals surface area contributed by atoms with Crippen LogP contribution < -0.4 is 5.32 Å². The summed E-state index contributed by atoms with van der Waals surface area (Å²) in [6.07, 6.45) is 0. The van der Waals surface area contributed by atoms with E-state index in [-0.39, 0.29) is 18.7 Å². The average molecular weight is 256 g/mol. The molecule has 8 heteroatoms. The smallest absolute Gasteiger partial charge is 0.325 e. The van der Waals surface area contributed by atoms with Crippen LogP contribution in [0.1, 0.15) is 11.6 Å². The number of carboxylic acid groups (broad SMARTS) is 1. The molecule has 0 radical (unpaired) electrons. The second kappa shape index (κ2) is 6.53. The third-order valence-corrected chi connectivity index (χ3v) is 2.16. The molecular weight excluding hydrogens is 246 g/mol. The highest BCUT2D eigenvalue weighted by molar-refractivity contribution is 5.75. The molecule has 0 aliphatic carbocycles. The van der Waals surface area contributed by atoms with Gasteiger partial charge in [-0.1, -0.05) is 17.2 Å². The molecule has 0 saturated carbocycles. The van der Waals surface area contributed by atoms with Crippen LogP contribution in [0, 0.1) is 11.6 Å². The van der Waals surface area contributed by atoms with E-state index in [0.717, 1.165) is 6.07 Å². The monoisotopic (exact) mass is 256 g/mol. The molecule has 1 aromatic carbocycles. The van der Waals surface area contributed by atoms with Crippen LogP contribution in [0.25, 0.3) is 10.4 Å². The maximum absolute atomic E-state index is 13.4. The molecule has 0 aliphatic heterocycles. The summed E-state index contributed by atoms with van der Waals surface area (Å²) in [7, 11) is 0. The van der Waals surface area contributed by atoms with Gasteiger partial charge in [0.1, 0.15) is 6.04 Å². The topological polar surface area (TPSA) is 98.1 Å². The van der Waals surface area contributed by atoms with E-state index in [1.54, 1.807) is 0 Å². The first-order valence-corrected chi connectivity index (χ1v) is 4.99. The van der Waals surface area contributed by atoms with E-state index in [1.165, 1.54) is 12.1 Å². The molecule has 18 heavy (non-hydrogen) atoms. The van der Waals surface area contributed by atoms with Crippen LogP contribution in [0.3, 0.4) is 0 Å². The largest absolute Gasteiger partial charge is 0.480 e. The molecule has 0 fully saturated rings. The predicted octanol–water partition coefficient (Wildman–Crippen LogP) is 1.99. The van der Waals surface area contributed by atoms with E-state index in [2.05, 4.69) is 15.3 Å². The number of benzene rings is 1. The zero-order chi connectivity index (χ0) is 13.5. The van der Waals surface area contributed by atoms with Gasteiger partial charge < -0.3 is 10.4 Å².